The van der Waals surface area contributed by atoms with Gasteiger partial charge in [-0.15, -0.1) is 0 Å². The first-order valence-electron chi connectivity index (χ1n) is 7.31. The number of hydrogen-bond donors (Lipinski definition) is 1. The van der Waals surface area contributed by atoms with Gasteiger partial charge in [0, 0.05) is 12.1 Å². The van der Waals surface area contributed by atoms with Crippen LogP contribution in [-0.4, -0.2) is 35.6 Å². The summed E-state index contributed by atoms with van der Waals surface area (Å²) in [5, 5.41) is 12.8. The summed E-state index contributed by atoms with van der Waals surface area (Å²) in [6.07, 6.45) is 3.22. The largest absolute Gasteiger partial charge is 0.301 e. The summed E-state index contributed by atoms with van der Waals surface area (Å²) < 4.78 is 0. The van der Waals surface area contributed by atoms with E-state index in [1.165, 1.54) is 12.8 Å². The van der Waals surface area contributed by atoms with Gasteiger partial charge in [-0.05, 0) is 60.0 Å². The molecule has 0 heterocycles. The molecule has 0 aliphatic heterocycles. The molecule has 0 rings (SSSR count). The first-order chi connectivity index (χ1) is 8.38. The minimum absolute atomic E-state index is 0.340. The number of nitrogens with one attached hydrogen (secondary N) is 1. The topological polar surface area (TPSA) is 39.1 Å². The van der Waals surface area contributed by atoms with E-state index in [1.807, 2.05) is 6.92 Å². The van der Waals surface area contributed by atoms with Crippen LogP contribution in [0.3, 0.4) is 0 Å². The second kappa shape index (κ2) is 8.50. The summed E-state index contributed by atoms with van der Waals surface area (Å²) in [5.74, 6) is 0. The van der Waals surface area contributed by atoms with Gasteiger partial charge in [-0.1, -0.05) is 13.8 Å². The van der Waals surface area contributed by atoms with E-state index >= 15 is 0 Å². The van der Waals surface area contributed by atoms with Gasteiger partial charge in [0.05, 0.1) is 6.07 Å². The lowest BCUT2D eigenvalue weighted by Gasteiger charge is -2.35. The molecule has 0 amide bonds. The normalized spacial score (nSPS) is 16.6. The van der Waals surface area contributed by atoms with Gasteiger partial charge < -0.3 is 4.90 Å². The summed E-state index contributed by atoms with van der Waals surface area (Å²) in [6.45, 7) is 15.1. The van der Waals surface area contributed by atoms with Crippen molar-refractivity contribution in [2.75, 3.05) is 13.1 Å². The molecule has 3 heteroatoms. The summed E-state index contributed by atoms with van der Waals surface area (Å²) in [7, 11) is 0. The fourth-order valence-corrected chi connectivity index (χ4v) is 2.62. The van der Waals surface area contributed by atoms with E-state index in [9.17, 15) is 5.26 Å². The number of nitriles is 1. The average Bonchev–Trinajstić information content (AvgIpc) is 2.27. The Hall–Kier alpha value is -0.590. The minimum atomic E-state index is -0.423. The molecule has 0 saturated heterocycles. The maximum absolute atomic E-state index is 9.39. The Morgan fingerprint density at radius 3 is 2.00 bits per heavy atom. The van der Waals surface area contributed by atoms with Crippen LogP contribution in [0.4, 0.5) is 0 Å². The molecule has 0 spiro atoms. The quantitative estimate of drug-likeness (QED) is 0.686. The third-order valence-corrected chi connectivity index (χ3v) is 3.20. The van der Waals surface area contributed by atoms with Crippen LogP contribution in [0.15, 0.2) is 0 Å². The summed E-state index contributed by atoms with van der Waals surface area (Å²) in [4.78, 5) is 2.50. The molecule has 2 unspecified atom stereocenters. The second-order valence-electron chi connectivity index (χ2n) is 5.83. The lowest BCUT2D eigenvalue weighted by atomic mass is 9.93. The van der Waals surface area contributed by atoms with Gasteiger partial charge in [0.25, 0.3) is 0 Å². The second-order valence-corrected chi connectivity index (χ2v) is 5.83. The maximum atomic E-state index is 9.39. The van der Waals surface area contributed by atoms with E-state index in [1.54, 1.807) is 0 Å². The Morgan fingerprint density at radius 2 is 1.67 bits per heavy atom. The molecule has 0 aliphatic rings. The van der Waals surface area contributed by atoms with Gasteiger partial charge in [-0.25, -0.2) is 0 Å². The van der Waals surface area contributed by atoms with E-state index in [4.69, 9.17) is 0 Å². The average molecular weight is 253 g/mol. The smallest absolute Gasteiger partial charge is 0.105 e. The van der Waals surface area contributed by atoms with Crippen molar-refractivity contribution >= 4 is 0 Å². The molecular weight excluding hydrogens is 222 g/mol. The summed E-state index contributed by atoms with van der Waals surface area (Å²) in [6, 6.07) is 3.23. The monoisotopic (exact) mass is 253 g/mol. The number of hydrogen-bond acceptors (Lipinski definition) is 3. The van der Waals surface area contributed by atoms with Crippen LogP contribution in [0.1, 0.15) is 60.8 Å². The van der Waals surface area contributed by atoms with E-state index in [0.717, 1.165) is 19.5 Å². The van der Waals surface area contributed by atoms with Gasteiger partial charge >= 0.3 is 0 Å². The molecule has 18 heavy (non-hydrogen) atoms. The van der Waals surface area contributed by atoms with Crippen LogP contribution in [0.2, 0.25) is 0 Å². The molecule has 2 atom stereocenters. The van der Waals surface area contributed by atoms with Crippen molar-refractivity contribution in [2.45, 2.75) is 78.4 Å². The minimum Gasteiger partial charge on any atom is -0.301 e. The molecule has 1 N–H and O–H groups in total. The highest BCUT2D eigenvalue weighted by molar-refractivity contribution is 5.06. The molecule has 0 fully saturated rings. The predicted molar refractivity (Wildman–Crippen MR) is 78.5 cm³/mol. The van der Waals surface area contributed by atoms with Crippen LogP contribution in [0.25, 0.3) is 0 Å². The zero-order chi connectivity index (χ0) is 14.2. The van der Waals surface area contributed by atoms with Crippen molar-refractivity contribution in [3.05, 3.63) is 0 Å². The van der Waals surface area contributed by atoms with Crippen molar-refractivity contribution in [2.24, 2.45) is 0 Å². The van der Waals surface area contributed by atoms with E-state index < -0.39 is 5.54 Å². The van der Waals surface area contributed by atoms with Gasteiger partial charge in [-0.3, -0.25) is 5.32 Å². The molecule has 106 valence electrons. The predicted octanol–water partition coefficient (Wildman–Crippen LogP) is 3.17. The molecule has 0 radical (unpaired) electrons. The van der Waals surface area contributed by atoms with E-state index in [-0.39, 0.29) is 0 Å². The Balaban J connectivity index is 4.56. The molecule has 0 aliphatic carbocycles. The van der Waals surface area contributed by atoms with Crippen molar-refractivity contribution < 1.29 is 0 Å². The highest BCUT2D eigenvalue weighted by Crippen LogP contribution is 2.17. The number of nitrogens with zero attached hydrogens (tertiary/aromatic N) is 2. The molecule has 0 saturated carbocycles. The SMILES string of the molecule is CCCN(CCC)C(C)CC(C)(C#N)NC(C)C. The van der Waals surface area contributed by atoms with E-state index in [2.05, 4.69) is 50.9 Å². The molecule has 0 aromatic rings. The van der Waals surface area contributed by atoms with Crippen LogP contribution >= 0.6 is 0 Å². The molecule has 3 nitrogen and oxygen atoms in total. The third kappa shape index (κ3) is 6.37. The lowest BCUT2D eigenvalue weighted by Crippen LogP contribution is -2.50. The fourth-order valence-electron chi connectivity index (χ4n) is 2.62. The maximum Gasteiger partial charge on any atom is 0.105 e. The zero-order valence-electron chi connectivity index (χ0n) is 13.1. The van der Waals surface area contributed by atoms with Gasteiger partial charge in [0.15, 0.2) is 0 Å². The van der Waals surface area contributed by atoms with Crippen LogP contribution < -0.4 is 5.32 Å². The highest BCUT2D eigenvalue weighted by Gasteiger charge is 2.28. The molecule has 0 aromatic carbocycles. The van der Waals surface area contributed by atoms with Crippen LogP contribution in [-0.2, 0) is 0 Å². The highest BCUT2D eigenvalue weighted by atomic mass is 15.2. The van der Waals surface area contributed by atoms with Crippen molar-refractivity contribution in [3.8, 4) is 6.07 Å². The van der Waals surface area contributed by atoms with Gasteiger partial charge in [0.2, 0.25) is 0 Å². The molecule has 0 aromatic heterocycles. The Kier molecular flexibility index (Phi) is 8.22. The van der Waals surface area contributed by atoms with Crippen LogP contribution in [0.5, 0.6) is 0 Å². The van der Waals surface area contributed by atoms with Crippen molar-refractivity contribution in [3.63, 3.8) is 0 Å². The van der Waals surface area contributed by atoms with E-state index in [0.29, 0.717) is 12.1 Å². The molecule has 0 bridgehead atoms. The summed E-state index contributed by atoms with van der Waals surface area (Å²) in [5.41, 5.74) is -0.423. The number of rotatable bonds is 9. The van der Waals surface area contributed by atoms with Crippen LogP contribution in [0, 0.1) is 11.3 Å². The zero-order valence-corrected chi connectivity index (χ0v) is 13.1. The van der Waals surface area contributed by atoms with Crippen molar-refractivity contribution in [1.29, 1.82) is 5.26 Å². The third-order valence-electron chi connectivity index (χ3n) is 3.20. The van der Waals surface area contributed by atoms with Gasteiger partial charge in [0.1, 0.15) is 5.54 Å². The lowest BCUT2D eigenvalue weighted by molar-refractivity contribution is 0.173. The Morgan fingerprint density at radius 1 is 1.17 bits per heavy atom. The fraction of sp³-hybridized carbons (Fsp3) is 0.933. The molecular formula is C15H31N3. The Bertz CT molecular complexity index is 251. The first kappa shape index (κ1) is 17.4. The van der Waals surface area contributed by atoms with Crippen molar-refractivity contribution in [1.82, 2.24) is 10.2 Å². The Labute approximate surface area is 114 Å². The first-order valence-corrected chi connectivity index (χ1v) is 7.31. The van der Waals surface area contributed by atoms with Gasteiger partial charge in [-0.2, -0.15) is 5.26 Å². The summed E-state index contributed by atoms with van der Waals surface area (Å²) >= 11 is 0. The standard InChI is InChI=1S/C15H31N3/c1-7-9-18(10-8-2)14(5)11-15(6,12-16)17-13(3)4/h13-14,17H,7-11H2,1-6H3.